The predicted molar refractivity (Wildman–Crippen MR) is 81.8 cm³/mol. The molecule has 0 saturated carbocycles. The lowest BCUT2D eigenvalue weighted by atomic mass is 9.90. The number of fused-ring (bicyclic) bond motifs is 1. The minimum absolute atomic E-state index is 0.0474. The smallest absolute Gasteiger partial charge is 0.417 e. The number of benzene rings is 2. The third-order valence-corrected chi connectivity index (χ3v) is 4.50. The largest absolute Gasteiger partial charge is 0.507 e. The number of hydrogen-bond acceptors (Lipinski definition) is 3. The second-order valence-electron chi connectivity index (χ2n) is 6.04. The molecule has 1 amide bonds. The third kappa shape index (κ3) is 2.80. The lowest BCUT2D eigenvalue weighted by molar-refractivity contribution is -0.271. The molecule has 2 aromatic carbocycles. The zero-order valence-electron chi connectivity index (χ0n) is 12.7. The van der Waals surface area contributed by atoms with Crippen LogP contribution >= 0.6 is 0 Å². The molecule has 2 aromatic rings. The van der Waals surface area contributed by atoms with Gasteiger partial charge in [-0.1, -0.05) is 24.3 Å². The maximum atomic E-state index is 12.8. The van der Waals surface area contributed by atoms with Gasteiger partial charge in [0.1, 0.15) is 5.75 Å². The number of halogens is 3. The molecule has 24 heavy (non-hydrogen) atoms. The third-order valence-electron chi connectivity index (χ3n) is 4.50. The number of carbonyl (C=O) groups excluding carboxylic acids is 1. The fourth-order valence-corrected chi connectivity index (χ4v) is 2.93. The van der Waals surface area contributed by atoms with E-state index in [2.05, 4.69) is 0 Å². The monoisotopic (exact) mass is 339 g/mol. The second-order valence-corrected chi connectivity index (χ2v) is 6.04. The van der Waals surface area contributed by atoms with E-state index in [1.165, 1.54) is 17.0 Å². The summed E-state index contributed by atoms with van der Waals surface area (Å²) in [7, 11) is 0. The van der Waals surface area contributed by atoms with E-state index in [0.29, 0.717) is 0 Å². The normalized spacial score (nSPS) is 17.9. The van der Waals surface area contributed by atoms with Crippen molar-refractivity contribution < 1.29 is 28.2 Å². The molecule has 1 aliphatic rings. The van der Waals surface area contributed by atoms with Gasteiger partial charge in [-0.05, 0) is 22.9 Å². The molecular weight excluding hydrogens is 323 g/mol. The van der Waals surface area contributed by atoms with Gasteiger partial charge in [-0.2, -0.15) is 13.2 Å². The average Bonchev–Trinajstić information content (AvgIpc) is 2.53. The van der Waals surface area contributed by atoms with Crippen LogP contribution in [0.25, 0.3) is 10.8 Å². The Kier molecular flexibility index (Phi) is 3.91. The van der Waals surface area contributed by atoms with Gasteiger partial charge in [0, 0.05) is 25.9 Å². The van der Waals surface area contributed by atoms with Crippen molar-refractivity contribution >= 4 is 16.7 Å². The topological polar surface area (TPSA) is 60.8 Å². The lowest BCUT2D eigenvalue weighted by Crippen LogP contribution is -2.54. The predicted octanol–water partition coefficient (Wildman–Crippen LogP) is 3.07. The number of phenolic OH excluding ortho intramolecular Hbond substituents is 1. The standard InChI is InChI=1S/C17H16F3NO3/c18-17(19,20)16(24)5-7-21(8-6-16)15(23)13-9-11-3-1-2-4-12(11)10-14(13)22/h1-4,9-10,22,24H,5-8H2. The van der Waals surface area contributed by atoms with Crippen molar-refractivity contribution in [3.8, 4) is 5.75 Å². The number of rotatable bonds is 1. The maximum Gasteiger partial charge on any atom is 0.417 e. The summed E-state index contributed by atoms with van der Waals surface area (Å²) in [5.41, 5.74) is -2.71. The Morgan fingerprint density at radius 1 is 1.08 bits per heavy atom. The molecule has 0 atom stereocenters. The van der Waals surface area contributed by atoms with E-state index in [1.807, 2.05) is 0 Å². The molecule has 1 heterocycles. The molecule has 0 spiro atoms. The van der Waals surface area contributed by atoms with E-state index in [9.17, 15) is 28.2 Å². The number of piperidine rings is 1. The second kappa shape index (κ2) is 5.66. The molecular formula is C17H16F3NO3. The van der Waals surface area contributed by atoms with Crippen molar-refractivity contribution in [1.82, 2.24) is 4.90 Å². The van der Waals surface area contributed by atoms with Crippen LogP contribution in [0, 0.1) is 0 Å². The van der Waals surface area contributed by atoms with E-state index in [4.69, 9.17) is 0 Å². The van der Waals surface area contributed by atoms with Crippen molar-refractivity contribution in [2.24, 2.45) is 0 Å². The van der Waals surface area contributed by atoms with Gasteiger partial charge in [-0.15, -0.1) is 0 Å². The van der Waals surface area contributed by atoms with Crippen LogP contribution in [-0.2, 0) is 0 Å². The number of phenols is 1. The van der Waals surface area contributed by atoms with Crippen LogP contribution in [0.15, 0.2) is 36.4 Å². The number of aromatic hydroxyl groups is 1. The quantitative estimate of drug-likeness (QED) is 0.839. The number of alkyl halides is 3. The summed E-state index contributed by atoms with van der Waals surface area (Å²) < 4.78 is 38.5. The first-order chi connectivity index (χ1) is 11.2. The van der Waals surface area contributed by atoms with E-state index >= 15 is 0 Å². The molecule has 2 N–H and O–H groups in total. The Hall–Kier alpha value is -2.28. The molecule has 0 bridgehead atoms. The average molecular weight is 339 g/mol. The van der Waals surface area contributed by atoms with Crippen molar-refractivity contribution in [3.05, 3.63) is 42.0 Å². The highest BCUT2D eigenvalue weighted by Gasteiger charge is 2.54. The van der Waals surface area contributed by atoms with Gasteiger partial charge in [0.25, 0.3) is 5.91 Å². The van der Waals surface area contributed by atoms with Gasteiger partial charge in [-0.25, -0.2) is 0 Å². The number of aliphatic hydroxyl groups is 1. The van der Waals surface area contributed by atoms with Gasteiger partial charge in [0.05, 0.1) is 5.56 Å². The van der Waals surface area contributed by atoms with Gasteiger partial charge in [-0.3, -0.25) is 4.79 Å². The molecule has 0 aliphatic carbocycles. The fraction of sp³-hybridized carbons (Fsp3) is 0.353. The van der Waals surface area contributed by atoms with Crippen LogP contribution in [0.3, 0.4) is 0 Å². The Labute approximate surface area is 136 Å². The van der Waals surface area contributed by atoms with Crippen molar-refractivity contribution in [2.75, 3.05) is 13.1 Å². The Bertz CT molecular complexity index is 780. The maximum absolute atomic E-state index is 12.8. The molecule has 7 heteroatoms. The number of nitrogens with zero attached hydrogens (tertiary/aromatic N) is 1. The van der Waals surface area contributed by atoms with E-state index in [-0.39, 0.29) is 24.4 Å². The van der Waals surface area contributed by atoms with Gasteiger partial charge in [0.15, 0.2) is 5.60 Å². The number of likely N-dealkylation sites (tertiary alicyclic amines) is 1. The molecule has 128 valence electrons. The highest BCUT2D eigenvalue weighted by Crippen LogP contribution is 2.39. The summed E-state index contributed by atoms with van der Waals surface area (Å²) in [6.45, 7) is -0.442. The lowest BCUT2D eigenvalue weighted by Gasteiger charge is -2.39. The summed E-state index contributed by atoms with van der Waals surface area (Å²) >= 11 is 0. The molecule has 0 radical (unpaired) electrons. The van der Waals surface area contributed by atoms with E-state index in [0.717, 1.165) is 10.8 Å². The Morgan fingerprint density at radius 2 is 1.62 bits per heavy atom. The zero-order chi connectivity index (χ0) is 17.5. The number of hydrogen-bond donors (Lipinski definition) is 2. The molecule has 1 saturated heterocycles. The minimum atomic E-state index is -4.72. The Morgan fingerprint density at radius 3 is 2.17 bits per heavy atom. The molecule has 3 rings (SSSR count). The first-order valence-electron chi connectivity index (χ1n) is 7.51. The number of carbonyl (C=O) groups is 1. The summed E-state index contributed by atoms with van der Waals surface area (Å²) in [6, 6.07) is 10.1. The molecule has 1 aliphatic heterocycles. The van der Waals surface area contributed by atoms with Gasteiger partial charge < -0.3 is 15.1 Å². The van der Waals surface area contributed by atoms with Crippen LogP contribution in [0.4, 0.5) is 13.2 Å². The fourth-order valence-electron chi connectivity index (χ4n) is 2.93. The first kappa shape index (κ1) is 16.6. The molecule has 0 unspecified atom stereocenters. The SMILES string of the molecule is O=C(c1cc2ccccc2cc1O)N1CCC(O)(C(F)(F)F)CC1. The van der Waals surface area contributed by atoms with Crippen LogP contribution in [0.2, 0.25) is 0 Å². The van der Waals surface area contributed by atoms with E-state index in [1.54, 1.807) is 24.3 Å². The molecule has 4 nitrogen and oxygen atoms in total. The summed E-state index contributed by atoms with van der Waals surface area (Å²) in [5.74, 6) is -0.752. The Balaban J connectivity index is 1.82. The van der Waals surface area contributed by atoms with Crippen LogP contribution < -0.4 is 0 Å². The van der Waals surface area contributed by atoms with Gasteiger partial charge in [0.2, 0.25) is 0 Å². The highest BCUT2D eigenvalue weighted by molar-refractivity contribution is 6.01. The van der Waals surface area contributed by atoms with Crippen LogP contribution in [0.5, 0.6) is 5.75 Å². The van der Waals surface area contributed by atoms with Crippen molar-refractivity contribution in [1.29, 1.82) is 0 Å². The summed E-state index contributed by atoms with van der Waals surface area (Å²) in [5, 5.41) is 21.2. The molecule has 1 fully saturated rings. The number of amides is 1. The van der Waals surface area contributed by atoms with Crippen LogP contribution in [0.1, 0.15) is 23.2 Å². The zero-order valence-corrected chi connectivity index (χ0v) is 12.7. The first-order valence-corrected chi connectivity index (χ1v) is 7.51. The van der Waals surface area contributed by atoms with Crippen molar-refractivity contribution in [2.45, 2.75) is 24.6 Å². The van der Waals surface area contributed by atoms with Crippen molar-refractivity contribution in [3.63, 3.8) is 0 Å². The van der Waals surface area contributed by atoms with E-state index < -0.39 is 30.5 Å². The summed E-state index contributed by atoms with van der Waals surface area (Å²) in [4.78, 5) is 13.8. The van der Waals surface area contributed by atoms with Crippen LogP contribution in [-0.4, -0.2) is 45.9 Å². The molecule has 0 aromatic heterocycles. The summed E-state index contributed by atoms with van der Waals surface area (Å²) in [6.07, 6.45) is -5.86. The minimum Gasteiger partial charge on any atom is -0.507 e. The van der Waals surface area contributed by atoms with Gasteiger partial charge >= 0.3 is 6.18 Å². The highest BCUT2D eigenvalue weighted by atomic mass is 19.4.